The second-order valence-electron chi connectivity index (χ2n) is 4.32. The van der Waals surface area contributed by atoms with Crippen LogP contribution in [0.25, 0.3) is 6.08 Å². The minimum Gasteiger partial charge on any atom is -0.497 e. The molecule has 1 aromatic carbocycles. The van der Waals surface area contributed by atoms with Crippen molar-refractivity contribution < 1.29 is 9.53 Å². The number of nitriles is 1. The zero-order chi connectivity index (χ0) is 15.2. The molecule has 2 rings (SSSR count). The van der Waals surface area contributed by atoms with Crippen molar-refractivity contribution in [2.45, 2.75) is 6.92 Å². The van der Waals surface area contributed by atoms with Crippen molar-refractivity contribution in [3.8, 4) is 11.8 Å². The zero-order valence-electron chi connectivity index (χ0n) is 11.7. The van der Waals surface area contributed by atoms with Crippen molar-refractivity contribution in [1.29, 1.82) is 5.26 Å². The van der Waals surface area contributed by atoms with Crippen molar-refractivity contribution in [1.82, 2.24) is 0 Å². The Bertz CT molecular complexity index is 709. The van der Waals surface area contributed by atoms with E-state index < -0.39 is 5.91 Å². The van der Waals surface area contributed by atoms with E-state index in [9.17, 15) is 4.79 Å². The van der Waals surface area contributed by atoms with Gasteiger partial charge in [-0.3, -0.25) is 4.79 Å². The minimum atomic E-state index is -0.421. The number of carbonyl (C=O) groups is 1. The summed E-state index contributed by atoms with van der Waals surface area (Å²) in [5.41, 5.74) is 1.74. The van der Waals surface area contributed by atoms with Crippen LogP contribution in [0, 0.1) is 18.3 Å². The summed E-state index contributed by atoms with van der Waals surface area (Å²) < 4.78 is 5.05. The number of ether oxygens (including phenoxy) is 1. The van der Waals surface area contributed by atoms with Crippen LogP contribution in [0.2, 0.25) is 0 Å². The Morgan fingerprint density at radius 3 is 2.57 bits per heavy atom. The van der Waals surface area contributed by atoms with Crippen LogP contribution in [0.1, 0.15) is 10.4 Å². The number of nitrogens with zero attached hydrogens (tertiary/aromatic N) is 1. The van der Waals surface area contributed by atoms with Crippen molar-refractivity contribution in [3.05, 3.63) is 51.7 Å². The van der Waals surface area contributed by atoms with Gasteiger partial charge in [-0.15, -0.1) is 11.3 Å². The number of carbonyl (C=O) groups excluding carboxylic acids is 1. The number of methoxy groups -OCH3 is 1. The summed E-state index contributed by atoms with van der Waals surface area (Å²) >= 11 is 1.50. The number of aryl methyl sites for hydroxylation is 1. The molecule has 1 amide bonds. The largest absolute Gasteiger partial charge is 0.497 e. The highest BCUT2D eigenvalue weighted by molar-refractivity contribution is 7.11. The van der Waals surface area contributed by atoms with Crippen LogP contribution < -0.4 is 10.1 Å². The van der Waals surface area contributed by atoms with E-state index in [0.29, 0.717) is 11.4 Å². The van der Waals surface area contributed by atoms with E-state index in [0.717, 1.165) is 10.4 Å². The van der Waals surface area contributed by atoms with Crippen LogP contribution in [0.3, 0.4) is 0 Å². The third-order valence-electron chi connectivity index (χ3n) is 2.89. The van der Waals surface area contributed by atoms with E-state index in [-0.39, 0.29) is 5.57 Å². The molecule has 0 saturated heterocycles. The molecular formula is C16H14N2O2S. The predicted molar refractivity (Wildman–Crippen MR) is 84.3 cm³/mol. The standard InChI is InChI=1S/C16H14N2O2S/c1-11-7-8-21-15(11)9-12(10-17)16(19)18-13-3-5-14(20-2)6-4-13/h3-9H,1-2H3,(H,18,19)/b12-9+. The number of anilines is 1. The van der Waals surface area contributed by atoms with Gasteiger partial charge in [-0.05, 0) is 54.3 Å². The Balaban J connectivity index is 2.15. The first kappa shape index (κ1) is 14.8. The second kappa shape index (κ2) is 6.73. The summed E-state index contributed by atoms with van der Waals surface area (Å²) in [7, 11) is 1.58. The maximum atomic E-state index is 12.1. The molecule has 1 aromatic heterocycles. The van der Waals surface area contributed by atoms with Gasteiger partial charge < -0.3 is 10.1 Å². The molecule has 0 aliphatic rings. The normalized spacial score (nSPS) is 10.8. The Morgan fingerprint density at radius 1 is 1.33 bits per heavy atom. The Kier molecular flexibility index (Phi) is 4.75. The van der Waals surface area contributed by atoms with Crippen molar-refractivity contribution in [2.24, 2.45) is 0 Å². The lowest BCUT2D eigenvalue weighted by atomic mass is 10.2. The molecule has 0 spiro atoms. The van der Waals surface area contributed by atoms with Gasteiger partial charge >= 0.3 is 0 Å². The van der Waals surface area contributed by atoms with Gasteiger partial charge in [-0.2, -0.15) is 5.26 Å². The smallest absolute Gasteiger partial charge is 0.266 e. The minimum absolute atomic E-state index is 0.0800. The number of benzene rings is 1. The van der Waals surface area contributed by atoms with Gasteiger partial charge in [-0.25, -0.2) is 0 Å². The van der Waals surface area contributed by atoms with Gasteiger partial charge in [0.05, 0.1) is 7.11 Å². The summed E-state index contributed by atoms with van der Waals surface area (Å²) in [5.74, 6) is 0.286. The van der Waals surface area contributed by atoms with Crippen LogP contribution in [0.4, 0.5) is 5.69 Å². The lowest BCUT2D eigenvalue weighted by Crippen LogP contribution is -2.13. The average Bonchev–Trinajstić information content (AvgIpc) is 2.90. The topological polar surface area (TPSA) is 62.1 Å². The third kappa shape index (κ3) is 3.71. The molecule has 0 fully saturated rings. The van der Waals surface area contributed by atoms with Crippen LogP contribution in [0.5, 0.6) is 5.75 Å². The molecule has 0 unspecified atom stereocenters. The molecule has 0 atom stereocenters. The number of hydrogen-bond donors (Lipinski definition) is 1. The fraction of sp³-hybridized carbons (Fsp3) is 0.125. The third-order valence-corrected chi connectivity index (χ3v) is 3.86. The van der Waals surface area contributed by atoms with Crippen LogP contribution >= 0.6 is 11.3 Å². The van der Waals surface area contributed by atoms with Crippen LogP contribution in [-0.4, -0.2) is 13.0 Å². The summed E-state index contributed by atoms with van der Waals surface area (Å²) in [6.07, 6.45) is 1.61. The fourth-order valence-corrected chi connectivity index (χ4v) is 2.54. The van der Waals surface area contributed by atoms with E-state index in [1.54, 1.807) is 37.5 Å². The highest BCUT2D eigenvalue weighted by Crippen LogP contribution is 2.20. The van der Waals surface area contributed by atoms with Crippen LogP contribution in [0.15, 0.2) is 41.3 Å². The number of amides is 1. The summed E-state index contributed by atoms with van der Waals surface area (Å²) in [6.45, 7) is 1.94. The summed E-state index contributed by atoms with van der Waals surface area (Å²) in [6, 6.07) is 10.8. The Morgan fingerprint density at radius 2 is 2.05 bits per heavy atom. The SMILES string of the molecule is COc1ccc(NC(=O)/C(C#N)=C/c2sccc2C)cc1. The molecule has 5 heteroatoms. The Labute approximate surface area is 127 Å². The highest BCUT2D eigenvalue weighted by atomic mass is 32.1. The first-order chi connectivity index (χ1) is 10.1. The first-order valence-electron chi connectivity index (χ1n) is 6.25. The van der Waals surface area contributed by atoms with Crippen LogP contribution in [-0.2, 0) is 4.79 Å². The molecule has 106 valence electrons. The highest BCUT2D eigenvalue weighted by Gasteiger charge is 2.10. The molecule has 0 bridgehead atoms. The predicted octanol–water partition coefficient (Wildman–Crippen LogP) is 3.61. The molecule has 0 radical (unpaired) electrons. The maximum absolute atomic E-state index is 12.1. The Hall–Kier alpha value is -2.58. The van der Waals surface area contributed by atoms with Gasteiger partial charge in [0.2, 0.25) is 0 Å². The van der Waals surface area contributed by atoms with E-state index in [1.807, 2.05) is 24.4 Å². The van der Waals surface area contributed by atoms with Gasteiger partial charge in [0.25, 0.3) is 5.91 Å². The summed E-state index contributed by atoms with van der Waals surface area (Å²) in [5, 5.41) is 13.8. The molecule has 1 heterocycles. The van der Waals surface area contributed by atoms with E-state index >= 15 is 0 Å². The first-order valence-corrected chi connectivity index (χ1v) is 7.13. The van der Waals surface area contributed by atoms with Crippen molar-refractivity contribution in [2.75, 3.05) is 12.4 Å². The average molecular weight is 298 g/mol. The lowest BCUT2D eigenvalue weighted by molar-refractivity contribution is -0.112. The van der Waals surface area contributed by atoms with Gasteiger partial charge in [0.1, 0.15) is 17.4 Å². The van der Waals surface area contributed by atoms with Gasteiger partial charge in [0, 0.05) is 10.6 Å². The zero-order valence-corrected chi connectivity index (χ0v) is 12.5. The lowest BCUT2D eigenvalue weighted by Gasteiger charge is -2.05. The molecule has 2 aromatic rings. The number of rotatable bonds is 4. The molecule has 21 heavy (non-hydrogen) atoms. The molecule has 0 saturated carbocycles. The molecule has 0 aliphatic carbocycles. The number of hydrogen-bond acceptors (Lipinski definition) is 4. The molecular weight excluding hydrogens is 284 g/mol. The number of nitrogens with one attached hydrogen (secondary N) is 1. The molecule has 1 N–H and O–H groups in total. The fourth-order valence-electron chi connectivity index (χ4n) is 1.68. The molecule has 0 aliphatic heterocycles. The van der Waals surface area contributed by atoms with Gasteiger partial charge in [-0.1, -0.05) is 0 Å². The monoisotopic (exact) mass is 298 g/mol. The van der Waals surface area contributed by atoms with E-state index in [2.05, 4.69) is 5.32 Å². The maximum Gasteiger partial charge on any atom is 0.266 e. The quantitative estimate of drug-likeness (QED) is 0.693. The van der Waals surface area contributed by atoms with Gasteiger partial charge in [0.15, 0.2) is 0 Å². The second-order valence-corrected chi connectivity index (χ2v) is 5.27. The van der Waals surface area contributed by atoms with E-state index in [4.69, 9.17) is 10.00 Å². The van der Waals surface area contributed by atoms with Crippen molar-refractivity contribution >= 4 is 29.0 Å². The molecule has 4 nitrogen and oxygen atoms in total. The van der Waals surface area contributed by atoms with E-state index in [1.165, 1.54) is 11.3 Å². The summed E-state index contributed by atoms with van der Waals surface area (Å²) in [4.78, 5) is 13.0. The number of thiophene rings is 1. The van der Waals surface area contributed by atoms with Crippen molar-refractivity contribution in [3.63, 3.8) is 0 Å².